The normalized spacial score (nSPS) is 15.0. The second kappa shape index (κ2) is 7.86. The highest BCUT2D eigenvalue weighted by Gasteiger charge is 2.18. The van der Waals surface area contributed by atoms with Crippen LogP contribution in [0.25, 0.3) is 10.9 Å². The minimum atomic E-state index is -0.622. The van der Waals surface area contributed by atoms with Crippen LogP contribution in [0.1, 0.15) is 15.9 Å². The van der Waals surface area contributed by atoms with Gasteiger partial charge >= 0.3 is 5.97 Å². The molecular formula is C22H23N3O3. The van der Waals surface area contributed by atoms with Gasteiger partial charge in [0.2, 0.25) is 5.43 Å². The number of H-pyrrole nitrogens is 1. The second-order valence-electron chi connectivity index (χ2n) is 7.00. The predicted octanol–water partition coefficient (Wildman–Crippen LogP) is 2.64. The summed E-state index contributed by atoms with van der Waals surface area (Å²) in [6, 6.07) is 16.2. The van der Waals surface area contributed by atoms with Crippen molar-refractivity contribution in [2.24, 2.45) is 0 Å². The average Bonchev–Trinajstić information content (AvgIpc) is 2.74. The number of hydrogen-bond donors (Lipinski definition) is 1. The zero-order valence-corrected chi connectivity index (χ0v) is 15.9. The third-order valence-corrected chi connectivity index (χ3v) is 5.25. The number of benzene rings is 2. The molecule has 144 valence electrons. The van der Waals surface area contributed by atoms with E-state index in [-0.39, 0.29) is 11.0 Å². The lowest BCUT2D eigenvalue weighted by Gasteiger charge is -2.36. The number of methoxy groups -OCH3 is 1. The molecule has 6 nitrogen and oxygen atoms in total. The van der Waals surface area contributed by atoms with Crippen LogP contribution in [0.5, 0.6) is 0 Å². The number of rotatable bonds is 4. The molecule has 0 radical (unpaired) electrons. The second-order valence-corrected chi connectivity index (χ2v) is 7.00. The van der Waals surface area contributed by atoms with Crippen LogP contribution in [0.2, 0.25) is 0 Å². The number of esters is 1. The average molecular weight is 377 g/mol. The van der Waals surface area contributed by atoms with Crippen molar-refractivity contribution < 1.29 is 9.53 Å². The topological polar surface area (TPSA) is 65.6 Å². The molecule has 28 heavy (non-hydrogen) atoms. The summed E-state index contributed by atoms with van der Waals surface area (Å²) in [4.78, 5) is 32.0. The molecule has 3 aromatic rings. The van der Waals surface area contributed by atoms with E-state index in [4.69, 9.17) is 0 Å². The number of carbonyl (C=O) groups excluding carboxylic acids is 1. The molecule has 0 unspecified atom stereocenters. The van der Waals surface area contributed by atoms with E-state index in [1.807, 2.05) is 18.2 Å². The summed E-state index contributed by atoms with van der Waals surface area (Å²) in [5.41, 5.74) is 2.87. The van der Waals surface area contributed by atoms with E-state index in [2.05, 4.69) is 43.8 Å². The number of aromatic nitrogens is 1. The summed E-state index contributed by atoms with van der Waals surface area (Å²) in [7, 11) is 1.27. The highest BCUT2D eigenvalue weighted by molar-refractivity contribution is 5.93. The Morgan fingerprint density at radius 2 is 1.82 bits per heavy atom. The predicted molar refractivity (Wildman–Crippen MR) is 110 cm³/mol. The van der Waals surface area contributed by atoms with E-state index in [0.29, 0.717) is 5.39 Å². The summed E-state index contributed by atoms with van der Waals surface area (Å²) < 4.78 is 4.66. The largest absolute Gasteiger partial charge is 0.465 e. The van der Waals surface area contributed by atoms with Crippen molar-refractivity contribution >= 4 is 22.6 Å². The molecule has 1 aromatic heterocycles. The van der Waals surface area contributed by atoms with Crippen molar-refractivity contribution in [2.75, 3.05) is 38.2 Å². The van der Waals surface area contributed by atoms with Crippen molar-refractivity contribution in [3.63, 3.8) is 0 Å². The molecule has 6 heteroatoms. The Morgan fingerprint density at radius 3 is 2.54 bits per heavy atom. The number of hydrogen-bond acceptors (Lipinski definition) is 5. The van der Waals surface area contributed by atoms with Gasteiger partial charge in [0.1, 0.15) is 5.56 Å². The van der Waals surface area contributed by atoms with Crippen molar-refractivity contribution in [1.29, 1.82) is 0 Å². The number of anilines is 1. The standard InChI is InChI=1S/C22H23N3O3/c1-28-22(27)19-14-23-20-13-16(7-8-18(20)21(19)26)15-24-9-11-25(12-10-24)17-5-3-2-4-6-17/h2-8,13-14H,9-12,15H2,1H3,(H,23,26). The molecule has 1 aliphatic heterocycles. The van der Waals surface area contributed by atoms with Gasteiger partial charge in [0.05, 0.1) is 7.11 Å². The van der Waals surface area contributed by atoms with E-state index in [9.17, 15) is 9.59 Å². The van der Waals surface area contributed by atoms with Gasteiger partial charge in [0.25, 0.3) is 0 Å². The number of pyridine rings is 1. The molecule has 0 amide bonds. The minimum absolute atomic E-state index is 0.0276. The zero-order chi connectivity index (χ0) is 19.5. The maximum absolute atomic E-state index is 12.5. The maximum atomic E-state index is 12.5. The summed E-state index contributed by atoms with van der Waals surface area (Å²) in [6.07, 6.45) is 1.43. The van der Waals surface area contributed by atoms with Gasteiger partial charge in [-0.15, -0.1) is 0 Å². The molecule has 2 heterocycles. The van der Waals surface area contributed by atoms with E-state index in [0.717, 1.165) is 43.8 Å². The first-order chi connectivity index (χ1) is 13.7. The molecule has 1 N–H and O–H groups in total. The molecule has 0 atom stereocenters. The fourth-order valence-electron chi connectivity index (χ4n) is 3.69. The SMILES string of the molecule is COC(=O)c1c[nH]c2cc(CN3CCN(c4ccccc4)CC3)ccc2c1=O. The van der Waals surface area contributed by atoms with E-state index >= 15 is 0 Å². The number of fused-ring (bicyclic) bond motifs is 1. The molecule has 1 fully saturated rings. The third kappa shape index (κ3) is 3.64. The Hall–Kier alpha value is -3.12. The summed E-state index contributed by atoms with van der Waals surface area (Å²) in [6.45, 7) is 4.81. The molecule has 1 aliphatic rings. The number of piperazine rings is 1. The molecule has 1 saturated heterocycles. The molecule has 0 bridgehead atoms. The smallest absolute Gasteiger partial charge is 0.343 e. The first kappa shape index (κ1) is 18.3. The summed E-state index contributed by atoms with van der Waals surface area (Å²) in [5.74, 6) is -0.622. The number of carbonyl (C=O) groups is 1. The van der Waals surface area contributed by atoms with Crippen LogP contribution in [0.15, 0.2) is 59.5 Å². The Labute approximate surface area is 163 Å². The fraction of sp³-hybridized carbons (Fsp3) is 0.273. The van der Waals surface area contributed by atoms with Crippen LogP contribution in [0.3, 0.4) is 0 Å². The van der Waals surface area contributed by atoms with Gasteiger partial charge in [-0.1, -0.05) is 24.3 Å². The van der Waals surface area contributed by atoms with E-state index < -0.39 is 5.97 Å². The van der Waals surface area contributed by atoms with Gasteiger partial charge in [0.15, 0.2) is 0 Å². The van der Waals surface area contributed by atoms with Crippen LogP contribution >= 0.6 is 0 Å². The number of nitrogens with zero attached hydrogens (tertiary/aromatic N) is 2. The van der Waals surface area contributed by atoms with Crippen LogP contribution in [-0.2, 0) is 11.3 Å². The first-order valence-electron chi connectivity index (χ1n) is 9.40. The zero-order valence-electron chi connectivity index (χ0n) is 15.9. The van der Waals surface area contributed by atoms with Crippen molar-refractivity contribution in [2.45, 2.75) is 6.54 Å². The minimum Gasteiger partial charge on any atom is -0.465 e. The molecule has 0 saturated carbocycles. The van der Waals surface area contributed by atoms with Gasteiger partial charge in [0, 0.05) is 55.5 Å². The van der Waals surface area contributed by atoms with Gasteiger partial charge in [-0.05, 0) is 29.8 Å². The summed E-state index contributed by atoms with van der Waals surface area (Å²) in [5, 5.41) is 0.501. The maximum Gasteiger partial charge on any atom is 0.343 e. The van der Waals surface area contributed by atoms with Crippen molar-refractivity contribution in [3.8, 4) is 0 Å². The monoisotopic (exact) mass is 377 g/mol. The van der Waals surface area contributed by atoms with Gasteiger partial charge in [-0.25, -0.2) is 4.79 Å². The van der Waals surface area contributed by atoms with Gasteiger partial charge in [-0.2, -0.15) is 0 Å². The Morgan fingerprint density at radius 1 is 1.07 bits per heavy atom. The molecule has 0 aliphatic carbocycles. The van der Waals surface area contributed by atoms with Crippen LogP contribution in [0.4, 0.5) is 5.69 Å². The molecule has 4 rings (SSSR count). The lowest BCUT2D eigenvalue weighted by molar-refractivity contribution is 0.0599. The highest BCUT2D eigenvalue weighted by atomic mass is 16.5. The highest BCUT2D eigenvalue weighted by Crippen LogP contribution is 2.18. The van der Waals surface area contributed by atoms with E-state index in [1.165, 1.54) is 19.0 Å². The lowest BCUT2D eigenvalue weighted by atomic mass is 10.1. The number of ether oxygens (including phenoxy) is 1. The molecule has 0 spiro atoms. The first-order valence-corrected chi connectivity index (χ1v) is 9.40. The Bertz CT molecular complexity index is 1040. The van der Waals surface area contributed by atoms with Crippen LogP contribution in [0, 0.1) is 0 Å². The number of nitrogens with one attached hydrogen (secondary N) is 1. The molecule has 2 aromatic carbocycles. The third-order valence-electron chi connectivity index (χ3n) is 5.25. The number of para-hydroxylation sites is 1. The Kier molecular flexibility index (Phi) is 5.12. The quantitative estimate of drug-likeness (QED) is 0.708. The van der Waals surface area contributed by atoms with Crippen LogP contribution in [-0.4, -0.2) is 49.1 Å². The van der Waals surface area contributed by atoms with E-state index in [1.54, 1.807) is 6.07 Å². The number of aromatic amines is 1. The fourth-order valence-corrected chi connectivity index (χ4v) is 3.69. The van der Waals surface area contributed by atoms with Gasteiger partial charge < -0.3 is 14.6 Å². The Balaban J connectivity index is 1.46. The lowest BCUT2D eigenvalue weighted by Crippen LogP contribution is -2.45. The van der Waals surface area contributed by atoms with Gasteiger partial charge in [-0.3, -0.25) is 9.69 Å². The van der Waals surface area contributed by atoms with Crippen molar-refractivity contribution in [3.05, 3.63) is 76.1 Å². The molecular weight excluding hydrogens is 354 g/mol. The summed E-state index contributed by atoms with van der Waals surface area (Å²) >= 11 is 0. The van der Waals surface area contributed by atoms with Crippen molar-refractivity contribution in [1.82, 2.24) is 9.88 Å². The van der Waals surface area contributed by atoms with Crippen LogP contribution < -0.4 is 10.3 Å².